The summed E-state index contributed by atoms with van der Waals surface area (Å²) in [5.74, 6) is 0. The maximum Gasteiger partial charge on any atom is 0.263 e. The molecular formula is C12H10Cl2N2O2S. The molecule has 100 valence electrons. The van der Waals surface area contributed by atoms with E-state index in [2.05, 4.69) is 4.72 Å². The smallest absolute Gasteiger partial charge is 0.263 e. The molecule has 0 heterocycles. The minimum absolute atomic E-state index is 0.0307. The summed E-state index contributed by atoms with van der Waals surface area (Å²) < 4.78 is 26.7. The Hall–Kier alpha value is -1.43. The lowest BCUT2D eigenvalue weighted by Gasteiger charge is -2.10. The molecule has 0 radical (unpaired) electrons. The van der Waals surface area contributed by atoms with Gasteiger partial charge in [-0.2, -0.15) is 0 Å². The monoisotopic (exact) mass is 316 g/mol. The van der Waals surface area contributed by atoms with Crippen molar-refractivity contribution in [2.24, 2.45) is 0 Å². The van der Waals surface area contributed by atoms with Gasteiger partial charge in [-0.25, -0.2) is 8.42 Å². The van der Waals surface area contributed by atoms with Crippen LogP contribution in [-0.4, -0.2) is 8.42 Å². The van der Waals surface area contributed by atoms with Gasteiger partial charge in [0.15, 0.2) is 0 Å². The van der Waals surface area contributed by atoms with E-state index in [1.54, 1.807) is 18.2 Å². The van der Waals surface area contributed by atoms with Crippen LogP contribution in [0.15, 0.2) is 47.4 Å². The zero-order valence-electron chi connectivity index (χ0n) is 9.60. The number of nitrogens with two attached hydrogens (primary N) is 1. The molecule has 0 amide bonds. The Morgan fingerprint density at radius 1 is 1.00 bits per heavy atom. The molecular weight excluding hydrogens is 307 g/mol. The molecule has 4 nitrogen and oxygen atoms in total. The summed E-state index contributed by atoms with van der Waals surface area (Å²) >= 11 is 11.5. The van der Waals surface area contributed by atoms with Crippen LogP contribution >= 0.6 is 23.2 Å². The first-order valence-corrected chi connectivity index (χ1v) is 7.46. The summed E-state index contributed by atoms with van der Waals surface area (Å²) in [6.07, 6.45) is 0. The first kappa shape index (κ1) is 14.0. The number of benzene rings is 2. The first-order valence-electron chi connectivity index (χ1n) is 5.22. The Morgan fingerprint density at radius 2 is 1.68 bits per heavy atom. The number of anilines is 2. The third kappa shape index (κ3) is 3.32. The molecule has 0 spiro atoms. The molecule has 19 heavy (non-hydrogen) atoms. The summed E-state index contributed by atoms with van der Waals surface area (Å²) in [5, 5.41) is 0.809. The van der Waals surface area contributed by atoms with E-state index in [-0.39, 0.29) is 10.6 Å². The number of hydrogen-bond acceptors (Lipinski definition) is 3. The van der Waals surface area contributed by atoms with Crippen molar-refractivity contribution in [1.29, 1.82) is 0 Å². The fraction of sp³-hybridized carbons (Fsp3) is 0. The lowest BCUT2D eigenvalue weighted by atomic mass is 10.3. The van der Waals surface area contributed by atoms with Crippen LogP contribution < -0.4 is 10.5 Å². The Bertz CT molecular complexity index is 717. The molecule has 3 N–H and O–H groups in total. The largest absolute Gasteiger partial charge is 0.398 e. The van der Waals surface area contributed by atoms with Crippen LogP contribution in [0.5, 0.6) is 0 Å². The van der Waals surface area contributed by atoms with Crippen molar-refractivity contribution in [3.05, 3.63) is 52.5 Å². The lowest BCUT2D eigenvalue weighted by Crippen LogP contribution is -2.14. The van der Waals surface area contributed by atoms with E-state index in [4.69, 9.17) is 28.9 Å². The molecule has 2 rings (SSSR count). The van der Waals surface area contributed by atoms with Gasteiger partial charge < -0.3 is 5.73 Å². The van der Waals surface area contributed by atoms with E-state index in [1.165, 1.54) is 24.3 Å². The molecule has 7 heteroatoms. The van der Waals surface area contributed by atoms with Crippen molar-refractivity contribution in [3.63, 3.8) is 0 Å². The average Bonchev–Trinajstić information content (AvgIpc) is 2.27. The molecule has 0 aliphatic rings. The van der Waals surface area contributed by atoms with E-state index >= 15 is 0 Å². The summed E-state index contributed by atoms with van der Waals surface area (Å²) in [4.78, 5) is -0.0307. The highest BCUT2D eigenvalue weighted by atomic mass is 35.5. The standard InChI is InChI=1S/C12H10Cl2N2O2S/c13-8-2-1-3-10(6-8)16-19(17,18)12-5-4-9(14)7-11(12)15/h1-7,16H,15H2. The summed E-state index contributed by atoms with van der Waals surface area (Å²) in [5.41, 5.74) is 6.11. The van der Waals surface area contributed by atoms with Crippen molar-refractivity contribution in [3.8, 4) is 0 Å². The van der Waals surface area contributed by atoms with E-state index < -0.39 is 10.0 Å². The Morgan fingerprint density at radius 3 is 2.32 bits per heavy atom. The second-order valence-electron chi connectivity index (χ2n) is 3.80. The highest BCUT2D eigenvalue weighted by Gasteiger charge is 2.17. The predicted octanol–water partition coefficient (Wildman–Crippen LogP) is 3.38. The van der Waals surface area contributed by atoms with Gasteiger partial charge in [0.05, 0.1) is 11.4 Å². The molecule has 0 bridgehead atoms. The maximum absolute atomic E-state index is 12.2. The number of hydrogen-bond donors (Lipinski definition) is 2. The second-order valence-corrected chi connectivity index (χ2v) is 6.32. The van der Waals surface area contributed by atoms with Gasteiger partial charge in [0.2, 0.25) is 0 Å². The zero-order valence-corrected chi connectivity index (χ0v) is 11.9. The summed E-state index contributed by atoms with van der Waals surface area (Å²) in [7, 11) is -3.77. The third-order valence-electron chi connectivity index (χ3n) is 2.34. The summed E-state index contributed by atoms with van der Waals surface area (Å²) in [6, 6.07) is 10.6. The zero-order chi connectivity index (χ0) is 14.0. The third-order valence-corrected chi connectivity index (χ3v) is 4.26. The van der Waals surface area contributed by atoms with Gasteiger partial charge >= 0.3 is 0 Å². The topological polar surface area (TPSA) is 72.2 Å². The maximum atomic E-state index is 12.2. The van der Waals surface area contributed by atoms with Gasteiger partial charge in [-0.3, -0.25) is 4.72 Å². The second kappa shape index (κ2) is 5.28. The Balaban J connectivity index is 2.38. The number of sulfonamides is 1. The molecule has 0 saturated heterocycles. The Kier molecular flexibility index (Phi) is 3.89. The van der Waals surface area contributed by atoms with Crippen LogP contribution in [0.4, 0.5) is 11.4 Å². The van der Waals surface area contributed by atoms with Crippen LogP contribution in [0.3, 0.4) is 0 Å². The first-order chi connectivity index (χ1) is 8.88. The van der Waals surface area contributed by atoms with Crippen molar-refractivity contribution in [2.45, 2.75) is 4.90 Å². The van der Waals surface area contributed by atoms with Crippen LogP contribution in [-0.2, 0) is 10.0 Å². The number of nitrogens with one attached hydrogen (secondary N) is 1. The van der Waals surface area contributed by atoms with Crippen molar-refractivity contribution in [2.75, 3.05) is 10.5 Å². The highest BCUT2D eigenvalue weighted by Crippen LogP contribution is 2.25. The number of halogens is 2. The average molecular weight is 317 g/mol. The van der Waals surface area contributed by atoms with E-state index in [1.807, 2.05) is 0 Å². The minimum atomic E-state index is -3.77. The van der Waals surface area contributed by atoms with Crippen molar-refractivity contribution < 1.29 is 8.42 Å². The van der Waals surface area contributed by atoms with Gasteiger partial charge in [0, 0.05) is 10.0 Å². The van der Waals surface area contributed by atoms with Gasteiger partial charge in [-0.05, 0) is 36.4 Å². The molecule has 0 aromatic heterocycles. The fourth-order valence-corrected chi connectivity index (χ4v) is 3.06. The fourth-order valence-electron chi connectivity index (χ4n) is 1.53. The van der Waals surface area contributed by atoms with E-state index in [9.17, 15) is 8.42 Å². The lowest BCUT2D eigenvalue weighted by molar-refractivity contribution is 0.601. The SMILES string of the molecule is Nc1cc(Cl)ccc1S(=O)(=O)Nc1cccc(Cl)c1. The number of nitrogen functional groups attached to an aromatic ring is 1. The summed E-state index contributed by atoms with van der Waals surface area (Å²) in [6.45, 7) is 0. The number of rotatable bonds is 3. The van der Waals surface area contributed by atoms with Gasteiger partial charge in [-0.1, -0.05) is 29.3 Å². The van der Waals surface area contributed by atoms with E-state index in [0.29, 0.717) is 15.7 Å². The predicted molar refractivity (Wildman–Crippen MR) is 78.1 cm³/mol. The minimum Gasteiger partial charge on any atom is -0.398 e. The molecule has 0 fully saturated rings. The molecule has 0 atom stereocenters. The van der Waals surface area contributed by atoms with Crippen LogP contribution in [0.25, 0.3) is 0 Å². The highest BCUT2D eigenvalue weighted by molar-refractivity contribution is 7.92. The van der Waals surface area contributed by atoms with Gasteiger partial charge in [0.25, 0.3) is 10.0 Å². The van der Waals surface area contributed by atoms with Gasteiger partial charge in [0.1, 0.15) is 4.90 Å². The van der Waals surface area contributed by atoms with Crippen LogP contribution in [0.2, 0.25) is 10.0 Å². The molecule has 2 aromatic carbocycles. The quantitative estimate of drug-likeness (QED) is 0.853. The molecule has 0 unspecified atom stereocenters. The molecule has 0 saturated carbocycles. The Labute approximate surface area is 121 Å². The van der Waals surface area contributed by atoms with Crippen LogP contribution in [0.1, 0.15) is 0 Å². The van der Waals surface area contributed by atoms with Gasteiger partial charge in [-0.15, -0.1) is 0 Å². The molecule has 2 aromatic rings. The van der Waals surface area contributed by atoms with Crippen molar-refractivity contribution >= 4 is 44.6 Å². The normalized spacial score (nSPS) is 11.3. The molecule has 0 aliphatic heterocycles. The van der Waals surface area contributed by atoms with Crippen molar-refractivity contribution in [1.82, 2.24) is 0 Å². The van der Waals surface area contributed by atoms with Crippen LogP contribution in [0, 0.1) is 0 Å². The van der Waals surface area contributed by atoms with E-state index in [0.717, 1.165) is 0 Å². The molecule has 0 aliphatic carbocycles.